The van der Waals surface area contributed by atoms with Crippen molar-refractivity contribution in [3.8, 4) is 0 Å². The molecule has 0 unspecified atom stereocenters. The number of fused-ring (bicyclic) bond motifs is 1. The number of carbonyl (C=O) groups excluding carboxylic acids is 3. The number of hydrogen-bond donors (Lipinski definition) is 3. The summed E-state index contributed by atoms with van der Waals surface area (Å²) < 4.78 is 0. The van der Waals surface area contributed by atoms with Crippen LogP contribution >= 0.6 is 0 Å². The Morgan fingerprint density at radius 1 is 1.35 bits per heavy atom. The van der Waals surface area contributed by atoms with Crippen molar-refractivity contribution in [2.75, 3.05) is 12.4 Å². The minimum absolute atomic E-state index is 0.227. The van der Waals surface area contributed by atoms with Crippen LogP contribution in [-0.4, -0.2) is 40.7 Å². The van der Waals surface area contributed by atoms with Crippen molar-refractivity contribution in [2.45, 2.75) is 6.42 Å². The van der Waals surface area contributed by atoms with E-state index >= 15 is 0 Å². The lowest BCUT2D eigenvalue weighted by atomic mass is 10.1. The predicted octanol–water partition coefficient (Wildman–Crippen LogP) is -0.0126. The average Bonchev–Trinajstić information content (AvgIpc) is 2.63. The Morgan fingerprint density at radius 2 is 2.00 bits per heavy atom. The molecule has 4 N–H and O–H groups in total. The van der Waals surface area contributed by atoms with Gasteiger partial charge in [-0.3, -0.25) is 19.3 Å². The van der Waals surface area contributed by atoms with Gasteiger partial charge in [0.25, 0.3) is 11.8 Å². The highest BCUT2D eigenvalue weighted by atomic mass is 16.4. The lowest BCUT2D eigenvalue weighted by molar-refractivity contribution is -0.115. The van der Waals surface area contributed by atoms with Crippen LogP contribution in [0.1, 0.15) is 27.1 Å². The van der Waals surface area contributed by atoms with E-state index in [9.17, 15) is 14.4 Å². The Kier molecular flexibility index (Phi) is 3.38. The molecule has 0 bridgehead atoms. The smallest absolute Gasteiger partial charge is 0.261 e. The van der Waals surface area contributed by atoms with Crippen LogP contribution in [0.15, 0.2) is 23.4 Å². The molecule has 0 saturated carbocycles. The molecule has 0 radical (unpaired) electrons. The van der Waals surface area contributed by atoms with E-state index in [0.29, 0.717) is 11.3 Å². The van der Waals surface area contributed by atoms with Gasteiger partial charge in [-0.25, -0.2) is 0 Å². The SMILES string of the molecule is CN1C(=O)c2ccc(NC(=O)C/C(N)=N/O)cc2C1=O. The summed E-state index contributed by atoms with van der Waals surface area (Å²) >= 11 is 0. The van der Waals surface area contributed by atoms with Gasteiger partial charge in [0, 0.05) is 12.7 Å². The normalized spacial score (nSPS) is 14.4. The van der Waals surface area contributed by atoms with E-state index in [1.54, 1.807) is 0 Å². The number of carbonyl (C=O) groups is 3. The second-order valence-electron chi connectivity index (χ2n) is 4.25. The van der Waals surface area contributed by atoms with Gasteiger partial charge in [0.1, 0.15) is 5.84 Å². The number of oxime groups is 1. The van der Waals surface area contributed by atoms with Crippen LogP contribution in [-0.2, 0) is 4.79 Å². The molecule has 104 valence electrons. The largest absolute Gasteiger partial charge is 0.409 e. The third kappa shape index (κ3) is 2.30. The number of imide groups is 1. The third-order valence-electron chi connectivity index (χ3n) is 2.84. The highest BCUT2D eigenvalue weighted by Crippen LogP contribution is 2.24. The first-order valence-electron chi connectivity index (χ1n) is 5.66. The van der Waals surface area contributed by atoms with Gasteiger partial charge in [-0.15, -0.1) is 0 Å². The van der Waals surface area contributed by atoms with Crippen molar-refractivity contribution >= 4 is 29.2 Å². The van der Waals surface area contributed by atoms with Crippen molar-refractivity contribution in [1.82, 2.24) is 4.90 Å². The number of nitrogens with two attached hydrogens (primary N) is 1. The Balaban J connectivity index is 2.19. The maximum atomic E-state index is 11.8. The third-order valence-corrected chi connectivity index (χ3v) is 2.84. The minimum Gasteiger partial charge on any atom is -0.409 e. The predicted molar refractivity (Wildman–Crippen MR) is 69.5 cm³/mol. The van der Waals surface area contributed by atoms with E-state index in [2.05, 4.69) is 10.5 Å². The van der Waals surface area contributed by atoms with E-state index in [-0.39, 0.29) is 23.7 Å². The maximum absolute atomic E-state index is 11.8. The van der Waals surface area contributed by atoms with Gasteiger partial charge in [0.15, 0.2) is 0 Å². The van der Waals surface area contributed by atoms with E-state index in [4.69, 9.17) is 10.9 Å². The summed E-state index contributed by atoms with van der Waals surface area (Å²) in [5.41, 5.74) is 6.10. The molecule has 8 heteroatoms. The summed E-state index contributed by atoms with van der Waals surface area (Å²) in [6, 6.07) is 4.40. The second-order valence-corrected chi connectivity index (χ2v) is 4.25. The van der Waals surface area contributed by atoms with Crippen LogP contribution in [0.5, 0.6) is 0 Å². The number of amides is 3. The van der Waals surface area contributed by atoms with Gasteiger partial charge in [0.2, 0.25) is 5.91 Å². The van der Waals surface area contributed by atoms with Crippen LogP contribution < -0.4 is 11.1 Å². The van der Waals surface area contributed by atoms with Gasteiger partial charge in [-0.2, -0.15) is 0 Å². The Morgan fingerprint density at radius 3 is 2.65 bits per heavy atom. The fourth-order valence-electron chi connectivity index (χ4n) is 1.84. The zero-order valence-corrected chi connectivity index (χ0v) is 10.6. The van der Waals surface area contributed by atoms with Crippen molar-refractivity contribution in [3.05, 3.63) is 29.3 Å². The molecule has 2 rings (SSSR count). The summed E-state index contributed by atoms with van der Waals surface area (Å²) in [6.07, 6.45) is -0.277. The standard InChI is InChI=1S/C12H12N4O4/c1-16-11(18)7-3-2-6(4-8(7)12(16)19)14-10(17)5-9(13)15-20/h2-4,20H,5H2,1H3,(H2,13,15)(H,14,17). The van der Waals surface area contributed by atoms with Crippen LogP contribution in [0.25, 0.3) is 0 Å². The molecule has 0 saturated heterocycles. The Labute approximate surface area is 113 Å². The van der Waals surface area contributed by atoms with Gasteiger partial charge in [0.05, 0.1) is 17.5 Å². The number of nitrogens with one attached hydrogen (secondary N) is 1. The first-order chi connectivity index (χ1) is 9.43. The highest BCUT2D eigenvalue weighted by molar-refractivity contribution is 6.21. The first kappa shape index (κ1) is 13.5. The highest BCUT2D eigenvalue weighted by Gasteiger charge is 2.32. The molecule has 1 aromatic rings. The van der Waals surface area contributed by atoms with Crippen molar-refractivity contribution in [2.24, 2.45) is 10.9 Å². The number of hydrogen-bond acceptors (Lipinski definition) is 5. The first-order valence-corrected chi connectivity index (χ1v) is 5.66. The summed E-state index contributed by atoms with van der Waals surface area (Å²) in [4.78, 5) is 36.0. The fourth-order valence-corrected chi connectivity index (χ4v) is 1.84. The number of anilines is 1. The van der Waals surface area contributed by atoms with Crippen molar-refractivity contribution in [3.63, 3.8) is 0 Å². The number of amidine groups is 1. The van der Waals surface area contributed by atoms with Crippen molar-refractivity contribution in [1.29, 1.82) is 0 Å². The zero-order valence-electron chi connectivity index (χ0n) is 10.6. The van der Waals surface area contributed by atoms with E-state index in [1.807, 2.05) is 0 Å². The zero-order chi connectivity index (χ0) is 14.9. The minimum atomic E-state index is -0.495. The molecule has 0 aromatic heterocycles. The molecule has 1 aromatic carbocycles. The van der Waals surface area contributed by atoms with Crippen LogP contribution in [0.3, 0.4) is 0 Å². The molecule has 1 aliphatic heterocycles. The molecule has 8 nitrogen and oxygen atoms in total. The molecular formula is C12H12N4O4. The van der Waals surface area contributed by atoms with E-state index in [0.717, 1.165) is 4.90 Å². The number of rotatable bonds is 3. The average molecular weight is 276 g/mol. The molecule has 1 aliphatic rings. The molecular weight excluding hydrogens is 264 g/mol. The van der Waals surface area contributed by atoms with Gasteiger partial charge in [-0.05, 0) is 18.2 Å². The molecule has 20 heavy (non-hydrogen) atoms. The lowest BCUT2D eigenvalue weighted by Gasteiger charge is -2.05. The van der Waals surface area contributed by atoms with E-state index < -0.39 is 11.8 Å². The number of benzene rings is 1. The van der Waals surface area contributed by atoms with Crippen LogP contribution in [0, 0.1) is 0 Å². The fraction of sp³-hybridized carbons (Fsp3) is 0.167. The van der Waals surface area contributed by atoms with Gasteiger partial charge in [-0.1, -0.05) is 5.16 Å². The topological polar surface area (TPSA) is 125 Å². The second kappa shape index (κ2) is 5.00. The molecule has 1 heterocycles. The summed E-state index contributed by atoms with van der Waals surface area (Å²) in [5, 5.41) is 13.5. The summed E-state index contributed by atoms with van der Waals surface area (Å²) in [5.74, 6) is -1.52. The van der Waals surface area contributed by atoms with Gasteiger partial charge < -0.3 is 16.3 Å². The monoisotopic (exact) mass is 276 g/mol. The number of nitrogens with zero attached hydrogens (tertiary/aromatic N) is 2. The molecule has 0 spiro atoms. The molecule has 3 amide bonds. The lowest BCUT2D eigenvalue weighted by Crippen LogP contribution is -2.24. The molecule has 0 atom stereocenters. The Hall–Kier alpha value is -2.90. The van der Waals surface area contributed by atoms with Crippen molar-refractivity contribution < 1.29 is 19.6 Å². The summed E-state index contributed by atoms with van der Waals surface area (Å²) in [6.45, 7) is 0. The molecule has 0 fully saturated rings. The quantitative estimate of drug-likeness (QED) is 0.235. The van der Waals surface area contributed by atoms with Crippen LogP contribution in [0.4, 0.5) is 5.69 Å². The maximum Gasteiger partial charge on any atom is 0.261 e. The van der Waals surface area contributed by atoms with E-state index in [1.165, 1.54) is 25.2 Å². The van der Waals surface area contributed by atoms with Crippen LogP contribution in [0.2, 0.25) is 0 Å². The Bertz CT molecular complexity index is 638. The van der Waals surface area contributed by atoms with Gasteiger partial charge >= 0.3 is 0 Å². The molecule has 0 aliphatic carbocycles. The summed E-state index contributed by atoms with van der Waals surface area (Å²) in [7, 11) is 1.39.